The lowest BCUT2D eigenvalue weighted by Gasteiger charge is -2.10. The average Bonchev–Trinajstić information content (AvgIpc) is 2.73. The van der Waals surface area contributed by atoms with E-state index in [1.165, 1.54) is 24.5 Å². The minimum absolute atomic E-state index is 0.0745. The molecule has 0 atom stereocenters. The zero-order valence-corrected chi connectivity index (χ0v) is 16.3. The van der Waals surface area contributed by atoms with E-state index in [0.29, 0.717) is 51.7 Å². The summed E-state index contributed by atoms with van der Waals surface area (Å²) in [7, 11) is 0. The van der Waals surface area contributed by atoms with E-state index in [4.69, 9.17) is 23.2 Å². The Hall–Kier alpha value is -3.48. The van der Waals surface area contributed by atoms with Crippen molar-refractivity contribution >= 4 is 40.7 Å². The molecular weight excluding hydrogens is 417 g/mol. The van der Waals surface area contributed by atoms with Crippen molar-refractivity contribution in [1.82, 2.24) is 15.0 Å². The third-order valence-corrected chi connectivity index (χ3v) is 4.51. The molecule has 0 saturated carbocycles. The van der Waals surface area contributed by atoms with E-state index < -0.39 is 4.92 Å². The van der Waals surface area contributed by atoms with Gasteiger partial charge in [-0.2, -0.15) is 5.26 Å². The normalized spacial score (nSPS) is 10.2. The summed E-state index contributed by atoms with van der Waals surface area (Å²) in [6.45, 7) is 0.918. The second-order valence-electron chi connectivity index (χ2n) is 5.71. The van der Waals surface area contributed by atoms with Crippen LogP contribution >= 0.6 is 23.2 Å². The van der Waals surface area contributed by atoms with E-state index in [9.17, 15) is 15.4 Å². The van der Waals surface area contributed by atoms with Gasteiger partial charge in [0, 0.05) is 24.7 Å². The summed E-state index contributed by atoms with van der Waals surface area (Å²) < 4.78 is 0. The molecule has 146 valence electrons. The maximum atomic E-state index is 10.6. The van der Waals surface area contributed by atoms with Gasteiger partial charge in [0.1, 0.15) is 18.1 Å². The van der Waals surface area contributed by atoms with Gasteiger partial charge in [-0.3, -0.25) is 10.1 Å². The van der Waals surface area contributed by atoms with Crippen molar-refractivity contribution in [3.63, 3.8) is 0 Å². The van der Waals surface area contributed by atoms with Crippen molar-refractivity contribution in [2.75, 3.05) is 23.7 Å². The molecule has 1 aromatic carbocycles. The predicted octanol–water partition coefficient (Wildman–Crippen LogP) is 4.15. The molecule has 2 N–H and O–H groups in total. The molecule has 29 heavy (non-hydrogen) atoms. The summed E-state index contributed by atoms with van der Waals surface area (Å²) >= 11 is 12.0. The monoisotopic (exact) mass is 429 g/mol. The van der Waals surface area contributed by atoms with Gasteiger partial charge in [-0.15, -0.1) is 0 Å². The van der Waals surface area contributed by atoms with E-state index >= 15 is 0 Å². The van der Waals surface area contributed by atoms with Crippen molar-refractivity contribution in [1.29, 1.82) is 5.26 Å². The summed E-state index contributed by atoms with van der Waals surface area (Å²) in [5, 5.41) is 26.8. The number of pyridine rings is 1. The predicted molar refractivity (Wildman–Crippen MR) is 110 cm³/mol. The van der Waals surface area contributed by atoms with E-state index in [2.05, 4.69) is 31.7 Å². The van der Waals surface area contributed by atoms with E-state index in [0.717, 1.165) is 0 Å². The van der Waals surface area contributed by atoms with Crippen LogP contribution in [0.5, 0.6) is 0 Å². The number of rotatable bonds is 7. The molecule has 0 bridgehead atoms. The van der Waals surface area contributed by atoms with E-state index in [1.54, 1.807) is 18.2 Å². The Kier molecular flexibility index (Phi) is 6.39. The first kappa shape index (κ1) is 20.3. The van der Waals surface area contributed by atoms with Gasteiger partial charge >= 0.3 is 0 Å². The van der Waals surface area contributed by atoms with Gasteiger partial charge in [0.25, 0.3) is 5.69 Å². The minimum atomic E-state index is -0.508. The highest BCUT2D eigenvalue weighted by atomic mass is 35.5. The second-order valence-corrected chi connectivity index (χ2v) is 6.52. The quantitative estimate of drug-likeness (QED) is 0.325. The number of hydrogen-bond acceptors (Lipinski definition) is 8. The summed E-state index contributed by atoms with van der Waals surface area (Å²) in [5.74, 6) is 0.846. The molecular formula is C18H13Cl2N7O2. The number of anilines is 2. The number of halogens is 2. The standard InChI is InChI=1S/C18H13Cl2N7O2/c19-14-3-1-11(7-15(14)20)17-12(8-21)9-25-18(26-17)23-6-5-22-16-4-2-13(10-24-16)27(28)29/h1-4,7,9-10H,5-6H2,(H,22,24)(H,23,25,26). The van der Waals surface area contributed by atoms with Crippen molar-refractivity contribution in [2.24, 2.45) is 0 Å². The van der Waals surface area contributed by atoms with Crippen LogP contribution in [0.2, 0.25) is 10.0 Å². The molecule has 0 spiro atoms. The van der Waals surface area contributed by atoms with Gasteiger partial charge in [0.15, 0.2) is 0 Å². The zero-order chi connectivity index (χ0) is 20.8. The highest BCUT2D eigenvalue weighted by Crippen LogP contribution is 2.29. The Morgan fingerprint density at radius 2 is 1.86 bits per heavy atom. The minimum Gasteiger partial charge on any atom is -0.368 e. The number of nitro groups is 1. The molecule has 0 saturated heterocycles. The Morgan fingerprint density at radius 1 is 1.07 bits per heavy atom. The number of nitriles is 1. The molecule has 0 unspecified atom stereocenters. The Morgan fingerprint density at radius 3 is 2.52 bits per heavy atom. The number of nitrogens with one attached hydrogen (secondary N) is 2. The summed E-state index contributed by atoms with van der Waals surface area (Å²) in [4.78, 5) is 22.6. The fourth-order valence-corrected chi connectivity index (χ4v) is 2.67. The van der Waals surface area contributed by atoms with Crippen LogP contribution in [-0.2, 0) is 0 Å². The van der Waals surface area contributed by atoms with E-state index in [1.807, 2.05) is 0 Å². The highest BCUT2D eigenvalue weighted by Gasteiger charge is 2.11. The molecule has 0 aliphatic carbocycles. The number of aromatic nitrogens is 3. The lowest BCUT2D eigenvalue weighted by molar-refractivity contribution is -0.385. The molecule has 0 radical (unpaired) electrons. The van der Waals surface area contributed by atoms with Crippen LogP contribution < -0.4 is 10.6 Å². The van der Waals surface area contributed by atoms with Crippen LogP contribution in [0.25, 0.3) is 11.3 Å². The summed E-state index contributed by atoms with van der Waals surface area (Å²) in [6.07, 6.45) is 2.61. The van der Waals surface area contributed by atoms with Crippen molar-refractivity contribution in [2.45, 2.75) is 0 Å². The van der Waals surface area contributed by atoms with Gasteiger partial charge < -0.3 is 10.6 Å². The lowest BCUT2D eigenvalue weighted by atomic mass is 10.1. The topological polar surface area (TPSA) is 130 Å². The Bertz CT molecular complexity index is 1080. The van der Waals surface area contributed by atoms with Gasteiger partial charge in [-0.1, -0.05) is 29.3 Å². The fraction of sp³-hybridized carbons (Fsp3) is 0.111. The van der Waals surface area contributed by atoms with Crippen molar-refractivity contribution < 1.29 is 4.92 Å². The van der Waals surface area contributed by atoms with Crippen LogP contribution in [0.1, 0.15) is 5.56 Å². The third-order valence-electron chi connectivity index (χ3n) is 3.78. The number of nitrogens with zero attached hydrogens (tertiary/aromatic N) is 5. The molecule has 9 nitrogen and oxygen atoms in total. The van der Waals surface area contributed by atoms with Gasteiger partial charge in [-0.25, -0.2) is 15.0 Å². The van der Waals surface area contributed by atoms with Gasteiger partial charge in [-0.05, 0) is 18.2 Å². The van der Waals surface area contributed by atoms with Gasteiger partial charge in [0.05, 0.1) is 32.4 Å². The first-order valence-electron chi connectivity index (χ1n) is 8.28. The lowest BCUT2D eigenvalue weighted by Crippen LogP contribution is -2.16. The van der Waals surface area contributed by atoms with Crippen LogP contribution in [0, 0.1) is 21.4 Å². The summed E-state index contributed by atoms with van der Waals surface area (Å²) in [5.41, 5.74) is 1.32. The van der Waals surface area contributed by atoms with Crippen molar-refractivity contribution in [3.05, 3.63) is 68.4 Å². The second kappa shape index (κ2) is 9.14. The third kappa shape index (κ3) is 5.07. The maximum absolute atomic E-state index is 10.6. The fourth-order valence-electron chi connectivity index (χ4n) is 2.38. The number of benzene rings is 1. The van der Waals surface area contributed by atoms with Crippen LogP contribution in [0.3, 0.4) is 0 Å². The highest BCUT2D eigenvalue weighted by molar-refractivity contribution is 6.42. The molecule has 0 amide bonds. The molecule has 0 fully saturated rings. The zero-order valence-electron chi connectivity index (χ0n) is 14.8. The molecule has 11 heteroatoms. The SMILES string of the molecule is N#Cc1cnc(NCCNc2ccc([N+](=O)[O-])cn2)nc1-c1ccc(Cl)c(Cl)c1. The van der Waals surface area contributed by atoms with Gasteiger partial charge in [0.2, 0.25) is 5.95 Å². The number of hydrogen-bond donors (Lipinski definition) is 2. The molecule has 2 heterocycles. The summed E-state index contributed by atoms with van der Waals surface area (Å²) in [6, 6.07) is 9.96. The Labute approximate surface area is 175 Å². The Balaban J connectivity index is 1.65. The first-order valence-corrected chi connectivity index (χ1v) is 9.04. The van der Waals surface area contributed by atoms with Crippen molar-refractivity contribution in [3.8, 4) is 17.3 Å². The largest absolute Gasteiger partial charge is 0.368 e. The van der Waals surface area contributed by atoms with Crippen LogP contribution in [-0.4, -0.2) is 33.0 Å². The van der Waals surface area contributed by atoms with E-state index in [-0.39, 0.29) is 5.69 Å². The average molecular weight is 430 g/mol. The molecule has 0 aliphatic rings. The molecule has 0 aliphatic heterocycles. The first-order chi connectivity index (χ1) is 14.0. The van der Waals surface area contributed by atoms with Crippen LogP contribution in [0.15, 0.2) is 42.7 Å². The molecule has 3 aromatic rings. The van der Waals surface area contributed by atoms with Crippen LogP contribution in [0.4, 0.5) is 17.5 Å². The smallest absolute Gasteiger partial charge is 0.287 e. The molecule has 2 aromatic heterocycles. The maximum Gasteiger partial charge on any atom is 0.287 e. The molecule has 3 rings (SSSR count).